The van der Waals surface area contributed by atoms with Crippen molar-refractivity contribution in [2.45, 2.75) is 69.8 Å². The maximum Gasteiger partial charge on any atom is 0.418 e. The van der Waals surface area contributed by atoms with Gasteiger partial charge in [0, 0.05) is 11.8 Å². The quantitative estimate of drug-likeness (QED) is 0.234. The van der Waals surface area contributed by atoms with Crippen molar-refractivity contribution in [2.24, 2.45) is 0 Å². The Hall–Kier alpha value is -3.83. The third-order valence-corrected chi connectivity index (χ3v) is 7.60. The summed E-state index contributed by atoms with van der Waals surface area (Å²) >= 11 is 0. The van der Waals surface area contributed by atoms with E-state index in [1.807, 2.05) is 13.0 Å². The zero-order valence-corrected chi connectivity index (χ0v) is 21.9. The van der Waals surface area contributed by atoms with Crippen LogP contribution in [-0.2, 0) is 19.1 Å². The van der Waals surface area contributed by atoms with E-state index < -0.39 is 42.1 Å². The Labute approximate surface area is 230 Å². The van der Waals surface area contributed by atoms with Crippen molar-refractivity contribution < 1.29 is 30.7 Å². The summed E-state index contributed by atoms with van der Waals surface area (Å²) in [6.45, 7) is 1.23. The molecule has 41 heavy (non-hydrogen) atoms. The van der Waals surface area contributed by atoms with Crippen molar-refractivity contribution in [1.82, 2.24) is 19.5 Å². The highest BCUT2D eigenvalue weighted by atomic mass is 19.4. The molecule has 0 bridgehead atoms. The lowest BCUT2D eigenvalue weighted by molar-refractivity contribution is -0.138. The molecule has 0 aliphatic heterocycles. The van der Waals surface area contributed by atoms with E-state index in [4.69, 9.17) is 0 Å². The van der Waals surface area contributed by atoms with Crippen molar-refractivity contribution in [3.8, 4) is 0 Å². The molecule has 0 N–H and O–H groups in total. The Morgan fingerprint density at radius 1 is 0.951 bits per heavy atom. The Bertz CT molecular complexity index is 1620. The minimum absolute atomic E-state index is 0.0297. The van der Waals surface area contributed by atoms with Crippen LogP contribution in [0, 0.1) is 12.7 Å². The molecular formula is C29H25F7N4O. The average Bonchev–Trinajstić information content (AvgIpc) is 2.89. The van der Waals surface area contributed by atoms with E-state index in [1.54, 1.807) is 6.07 Å². The van der Waals surface area contributed by atoms with E-state index in [-0.39, 0.29) is 40.1 Å². The molecule has 1 saturated carbocycles. The van der Waals surface area contributed by atoms with Gasteiger partial charge in [-0.3, -0.25) is 14.3 Å². The zero-order valence-electron chi connectivity index (χ0n) is 21.9. The molecule has 1 aliphatic rings. The Morgan fingerprint density at radius 2 is 1.66 bits per heavy atom. The second-order valence-electron chi connectivity index (χ2n) is 10.4. The van der Waals surface area contributed by atoms with Crippen molar-refractivity contribution in [2.75, 3.05) is 0 Å². The SMILES string of the molecule is Cc1cccc(F)c1C1CCC(c2cc3nc(CC(F)(F)F)cnc3n(Cc3ncccc3C(F)(F)F)c2=O)CC1. The van der Waals surface area contributed by atoms with Crippen LogP contribution >= 0.6 is 0 Å². The van der Waals surface area contributed by atoms with Crippen LogP contribution in [0.4, 0.5) is 30.7 Å². The summed E-state index contributed by atoms with van der Waals surface area (Å²) in [5.41, 5.74) is -0.952. The number of nitrogens with zero attached hydrogens (tertiary/aromatic N) is 4. The van der Waals surface area contributed by atoms with Crippen molar-refractivity contribution in [3.05, 3.63) is 98.6 Å². The molecule has 4 aromatic rings. The number of hydrogen-bond donors (Lipinski definition) is 0. The lowest BCUT2D eigenvalue weighted by Gasteiger charge is -2.30. The Kier molecular flexibility index (Phi) is 7.60. The maximum atomic E-state index is 14.6. The summed E-state index contributed by atoms with van der Waals surface area (Å²) < 4.78 is 95.9. The van der Waals surface area contributed by atoms with Gasteiger partial charge in [0.15, 0.2) is 5.65 Å². The Morgan fingerprint density at radius 3 is 2.32 bits per heavy atom. The molecule has 0 radical (unpaired) electrons. The summed E-state index contributed by atoms with van der Waals surface area (Å²) in [6, 6.07) is 8.23. The highest BCUT2D eigenvalue weighted by Gasteiger charge is 2.35. The van der Waals surface area contributed by atoms with Crippen LogP contribution in [0.5, 0.6) is 0 Å². The van der Waals surface area contributed by atoms with Crippen LogP contribution in [0.2, 0.25) is 0 Å². The van der Waals surface area contributed by atoms with Crippen LogP contribution in [0.15, 0.2) is 53.6 Å². The van der Waals surface area contributed by atoms with Gasteiger partial charge in [0.1, 0.15) is 11.3 Å². The van der Waals surface area contributed by atoms with Gasteiger partial charge >= 0.3 is 12.4 Å². The molecule has 0 saturated heterocycles. The summed E-state index contributed by atoms with van der Waals surface area (Å²) in [6.07, 6.45) is -6.54. The van der Waals surface area contributed by atoms with Crippen LogP contribution in [0.1, 0.15) is 71.2 Å². The van der Waals surface area contributed by atoms with Gasteiger partial charge in [0.05, 0.1) is 36.1 Å². The van der Waals surface area contributed by atoms with Crippen LogP contribution in [0.3, 0.4) is 0 Å². The fourth-order valence-corrected chi connectivity index (χ4v) is 5.76. The van der Waals surface area contributed by atoms with E-state index >= 15 is 0 Å². The normalized spacial score (nSPS) is 18.1. The third kappa shape index (κ3) is 6.11. The molecular weight excluding hydrogens is 553 g/mol. The number of pyridine rings is 2. The van der Waals surface area contributed by atoms with Gasteiger partial charge in [0.25, 0.3) is 5.56 Å². The van der Waals surface area contributed by atoms with Crippen LogP contribution in [-0.4, -0.2) is 25.7 Å². The lowest BCUT2D eigenvalue weighted by atomic mass is 9.75. The van der Waals surface area contributed by atoms with Gasteiger partial charge in [-0.25, -0.2) is 14.4 Å². The van der Waals surface area contributed by atoms with Gasteiger partial charge in [-0.1, -0.05) is 12.1 Å². The fraction of sp³-hybridized carbons (Fsp3) is 0.379. The van der Waals surface area contributed by atoms with Gasteiger partial charge < -0.3 is 0 Å². The first kappa shape index (κ1) is 28.7. The summed E-state index contributed by atoms with van der Waals surface area (Å²) in [7, 11) is 0. The number of hydrogen-bond acceptors (Lipinski definition) is 4. The summed E-state index contributed by atoms with van der Waals surface area (Å²) in [4.78, 5) is 25.7. The molecule has 1 aliphatic carbocycles. The molecule has 12 heteroatoms. The number of aryl methyl sites for hydroxylation is 1. The molecule has 0 unspecified atom stereocenters. The zero-order chi connectivity index (χ0) is 29.5. The number of aromatic nitrogens is 4. The number of rotatable bonds is 5. The highest BCUT2D eigenvalue weighted by molar-refractivity contribution is 5.71. The van der Waals surface area contributed by atoms with Gasteiger partial charge in [-0.2, -0.15) is 26.3 Å². The largest absolute Gasteiger partial charge is 0.418 e. The maximum absolute atomic E-state index is 14.6. The van der Waals surface area contributed by atoms with Gasteiger partial charge in [-0.15, -0.1) is 0 Å². The first-order valence-corrected chi connectivity index (χ1v) is 13.0. The number of fused-ring (bicyclic) bond motifs is 1. The van der Waals surface area contributed by atoms with E-state index in [1.165, 1.54) is 18.3 Å². The molecule has 3 aromatic heterocycles. The lowest BCUT2D eigenvalue weighted by Crippen LogP contribution is -2.29. The molecule has 0 amide bonds. The predicted molar refractivity (Wildman–Crippen MR) is 137 cm³/mol. The molecule has 0 spiro atoms. The first-order chi connectivity index (χ1) is 19.3. The second-order valence-corrected chi connectivity index (χ2v) is 10.4. The number of alkyl halides is 6. The third-order valence-electron chi connectivity index (χ3n) is 7.60. The van der Waals surface area contributed by atoms with E-state index in [0.717, 1.165) is 28.5 Å². The molecule has 216 valence electrons. The monoisotopic (exact) mass is 578 g/mol. The van der Waals surface area contributed by atoms with Crippen molar-refractivity contribution >= 4 is 11.2 Å². The smallest absolute Gasteiger partial charge is 0.285 e. The molecule has 5 rings (SSSR count). The van der Waals surface area contributed by atoms with Crippen molar-refractivity contribution in [3.63, 3.8) is 0 Å². The van der Waals surface area contributed by atoms with Gasteiger partial charge in [0.2, 0.25) is 0 Å². The summed E-state index contributed by atoms with van der Waals surface area (Å²) in [5, 5.41) is 0. The molecule has 3 heterocycles. The van der Waals surface area contributed by atoms with Gasteiger partial charge in [-0.05, 0) is 79.8 Å². The average molecular weight is 579 g/mol. The highest BCUT2D eigenvalue weighted by Crippen LogP contribution is 2.42. The second kappa shape index (κ2) is 10.9. The number of benzene rings is 1. The first-order valence-electron chi connectivity index (χ1n) is 13.0. The van der Waals surface area contributed by atoms with Crippen molar-refractivity contribution in [1.29, 1.82) is 0 Å². The molecule has 1 aromatic carbocycles. The van der Waals surface area contributed by atoms with Crippen LogP contribution in [0.25, 0.3) is 11.2 Å². The molecule has 5 nitrogen and oxygen atoms in total. The summed E-state index contributed by atoms with van der Waals surface area (Å²) in [5.74, 6) is -0.721. The van der Waals surface area contributed by atoms with E-state index in [9.17, 15) is 35.5 Å². The number of halogens is 7. The topological polar surface area (TPSA) is 60.7 Å². The van der Waals surface area contributed by atoms with E-state index in [0.29, 0.717) is 31.2 Å². The predicted octanol–water partition coefficient (Wildman–Crippen LogP) is 7.25. The fourth-order valence-electron chi connectivity index (χ4n) is 5.76. The standard InChI is InChI=1S/C29H25F7N4O/c1-16-4-2-6-22(30)25(16)18-9-7-17(8-10-18)20-12-23-26(38-14-19(39-23)13-28(31,32)33)40(27(20)41)15-24-21(29(34,35)36)5-3-11-37-24/h2-6,11-12,14,17-18H,7-10,13,15H2,1H3. The minimum atomic E-state index is -4.74. The molecule has 0 atom stereocenters. The molecule has 1 fully saturated rings. The minimum Gasteiger partial charge on any atom is -0.285 e. The van der Waals surface area contributed by atoms with E-state index in [2.05, 4.69) is 15.0 Å². The Balaban J connectivity index is 1.56. The van der Waals surface area contributed by atoms with Crippen LogP contribution < -0.4 is 5.56 Å².